The van der Waals surface area contributed by atoms with Crippen molar-refractivity contribution in [2.75, 3.05) is 18.0 Å². The van der Waals surface area contributed by atoms with Gasteiger partial charge < -0.3 is 9.47 Å². The van der Waals surface area contributed by atoms with Gasteiger partial charge in [0.2, 0.25) is 0 Å². The molecule has 0 bridgehead atoms. The molecule has 0 amide bonds. The molecule has 2 aromatic carbocycles. The van der Waals surface area contributed by atoms with Gasteiger partial charge in [0.05, 0.1) is 5.69 Å². The van der Waals surface area contributed by atoms with Gasteiger partial charge in [-0.25, -0.2) is 0 Å². The fourth-order valence-corrected chi connectivity index (χ4v) is 3.42. The summed E-state index contributed by atoms with van der Waals surface area (Å²) in [5, 5.41) is 0. The smallest absolute Gasteiger partial charge is 0.109 e. The number of nitrogens with zero attached hydrogens (tertiary/aromatic N) is 2. The van der Waals surface area contributed by atoms with E-state index in [0.717, 1.165) is 19.6 Å². The zero-order chi connectivity index (χ0) is 14.9. The third-order valence-electron chi connectivity index (χ3n) is 4.51. The summed E-state index contributed by atoms with van der Waals surface area (Å²) in [5.41, 5.74) is 5.27. The normalized spacial score (nSPS) is 13.4. The number of hydrogen-bond donors (Lipinski definition) is 0. The van der Waals surface area contributed by atoms with E-state index in [4.69, 9.17) is 0 Å². The topological polar surface area (TPSA) is 8.17 Å². The van der Waals surface area contributed by atoms with Crippen molar-refractivity contribution in [1.82, 2.24) is 4.57 Å². The van der Waals surface area contributed by atoms with Crippen LogP contribution < -0.4 is 4.90 Å². The van der Waals surface area contributed by atoms with Crippen LogP contribution in [-0.2, 0) is 6.54 Å². The summed E-state index contributed by atoms with van der Waals surface area (Å²) in [6, 6.07) is 23.8. The fraction of sp³-hybridized carbons (Fsp3) is 0.200. The second kappa shape index (κ2) is 5.38. The lowest BCUT2D eigenvalue weighted by molar-refractivity contribution is 0.785. The van der Waals surface area contributed by atoms with Gasteiger partial charge in [0.1, 0.15) is 5.82 Å². The van der Waals surface area contributed by atoms with E-state index in [-0.39, 0.29) is 0 Å². The maximum Gasteiger partial charge on any atom is 0.109 e. The molecule has 0 fully saturated rings. The summed E-state index contributed by atoms with van der Waals surface area (Å²) in [4.78, 5) is 2.46. The number of anilines is 1. The van der Waals surface area contributed by atoms with Gasteiger partial charge in [0.25, 0.3) is 0 Å². The molecule has 22 heavy (non-hydrogen) atoms. The second-order valence-electron chi connectivity index (χ2n) is 5.73. The van der Waals surface area contributed by atoms with Gasteiger partial charge in [-0.05, 0) is 24.1 Å². The number of aromatic nitrogens is 1. The minimum atomic E-state index is 1.06. The van der Waals surface area contributed by atoms with Crippen LogP contribution in [0.5, 0.6) is 0 Å². The van der Waals surface area contributed by atoms with Crippen molar-refractivity contribution in [3.05, 3.63) is 66.7 Å². The van der Waals surface area contributed by atoms with Crippen LogP contribution in [0.1, 0.15) is 6.92 Å². The molecule has 4 rings (SSSR count). The van der Waals surface area contributed by atoms with Gasteiger partial charge in [-0.1, -0.05) is 60.7 Å². The van der Waals surface area contributed by atoms with Crippen molar-refractivity contribution in [1.29, 1.82) is 0 Å². The Bertz CT molecular complexity index is 772. The molecule has 0 atom stereocenters. The summed E-state index contributed by atoms with van der Waals surface area (Å²) >= 11 is 0. The summed E-state index contributed by atoms with van der Waals surface area (Å²) in [5.74, 6) is 1.35. The van der Waals surface area contributed by atoms with Crippen LogP contribution in [0.15, 0.2) is 66.7 Å². The van der Waals surface area contributed by atoms with Crippen molar-refractivity contribution in [2.45, 2.75) is 13.5 Å². The van der Waals surface area contributed by atoms with Crippen molar-refractivity contribution in [3.63, 3.8) is 0 Å². The molecular formula is C20H20N2. The Balaban J connectivity index is 1.95. The van der Waals surface area contributed by atoms with E-state index >= 15 is 0 Å². The molecule has 2 heterocycles. The first-order valence-electron chi connectivity index (χ1n) is 7.98. The van der Waals surface area contributed by atoms with Gasteiger partial charge in [0, 0.05) is 25.2 Å². The standard InChI is InChI=1S/C20H20N2/c1-2-21-13-14-22-19(21)15-18(16-9-5-3-6-10-16)20(22)17-11-7-4-8-12-17/h3-12,15H,2,13-14H2,1H3. The lowest BCUT2D eigenvalue weighted by Gasteiger charge is -2.13. The molecule has 1 aromatic heterocycles. The van der Waals surface area contributed by atoms with Crippen LogP contribution in [0.25, 0.3) is 22.4 Å². The van der Waals surface area contributed by atoms with Gasteiger partial charge in [-0.2, -0.15) is 0 Å². The molecule has 0 radical (unpaired) electrons. The molecule has 110 valence electrons. The molecular weight excluding hydrogens is 268 g/mol. The average molecular weight is 288 g/mol. The summed E-state index contributed by atoms with van der Waals surface area (Å²) < 4.78 is 2.47. The SMILES string of the molecule is CCN1CCn2c1cc(-c1ccccc1)c2-c1ccccc1. The van der Waals surface area contributed by atoms with E-state index in [9.17, 15) is 0 Å². The summed E-state index contributed by atoms with van der Waals surface area (Å²) in [7, 11) is 0. The third kappa shape index (κ3) is 2.03. The Morgan fingerprint density at radius 1 is 0.818 bits per heavy atom. The van der Waals surface area contributed by atoms with E-state index in [1.165, 1.54) is 28.2 Å². The molecule has 0 saturated carbocycles. The average Bonchev–Trinajstić information content (AvgIpc) is 3.15. The quantitative estimate of drug-likeness (QED) is 0.680. The highest BCUT2D eigenvalue weighted by molar-refractivity contribution is 5.86. The molecule has 0 spiro atoms. The van der Waals surface area contributed by atoms with Crippen LogP contribution >= 0.6 is 0 Å². The summed E-state index contributed by atoms with van der Waals surface area (Å²) in [6.07, 6.45) is 0. The Labute approximate surface area is 131 Å². The molecule has 3 aromatic rings. The predicted octanol–water partition coefficient (Wildman–Crippen LogP) is 4.66. The highest BCUT2D eigenvalue weighted by Gasteiger charge is 2.25. The first-order chi connectivity index (χ1) is 10.9. The summed E-state index contributed by atoms with van der Waals surface area (Å²) in [6.45, 7) is 5.47. The van der Waals surface area contributed by atoms with Crippen LogP contribution in [0, 0.1) is 0 Å². The van der Waals surface area contributed by atoms with Crippen LogP contribution in [0.4, 0.5) is 5.82 Å². The van der Waals surface area contributed by atoms with E-state index in [2.05, 4.69) is 83.1 Å². The van der Waals surface area contributed by atoms with Crippen molar-refractivity contribution in [3.8, 4) is 22.4 Å². The van der Waals surface area contributed by atoms with Gasteiger partial charge >= 0.3 is 0 Å². The number of fused-ring (bicyclic) bond motifs is 1. The largest absolute Gasteiger partial charge is 0.356 e. The molecule has 0 saturated heterocycles. The second-order valence-corrected chi connectivity index (χ2v) is 5.73. The molecule has 2 heteroatoms. The van der Waals surface area contributed by atoms with Crippen molar-refractivity contribution in [2.24, 2.45) is 0 Å². The van der Waals surface area contributed by atoms with Gasteiger partial charge in [-0.15, -0.1) is 0 Å². The zero-order valence-electron chi connectivity index (χ0n) is 12.9. The predicted molar refractivity (Wildman–Crippen MR) is 93.2 cm³/mol. The Morgan fingerprint density at radius 2 is 1.45 bits per heavy atom. The van der Waals surface area contributed by atoms with Crippen molar-refractivity contribution >= 4 is 5.82 Å². The molecule has 1 aliphatic rings. The monoisotopic (exact) mass is 288 g/mol. The number of benzene rings is 2. The van der Waals surface area contributed by atoms with E-state index in [1.807, 2.05) is 0 Å². The Morgan fingerprint density at radius 3 is 2.09 bits per heavy atom. The van der Waals surface area contributed by atoms with Crippen LogP contribution in [0.3, 0.4) is 0 Å². The number of hydrogen-bond acceptors (Lipinski definition) is 1. The lowest BCUT2D eigenvalue weighted by Crippen LogP contribution is -2.18. The van der Waals surface area contributed by atoms with E-state index in [0.29, 0.717) is 0 Å². The first kappa shape index (κ1) is 13.2. The third-order valence-corrected chi connectivity index (χ3v) is 4.51. The molecule has 0 unspecified atom stereocenters. The minimum absolute atomic E-state index is 1.06. The Hall–Kier alpha value is -2.48. The number of likely N-dealkylation sites (N-methyl/N-ethyl adjacent to an activating group) is 1. The van der Waals surface area contributed by atoms with E-state index < -0.39 is 0 Å². The molecule has 0 aliphatic carbocycles. The maximum absolute atomic E-state index is 2.47. The minimum Gasteiger partial charge on any atom is -0.356 e. The van der Waals surface area contributed by atoms with Crippen LogP contribution in [0.2, 0.25) is 0 Å². The number of rotatable bonds is 3. The highest BCUT2D eigenvalue weighted by atomic mass is 15.3. The van der Waals surface area contributed by atoms with Crippen LogP contribution in [-0.4, -0.2) is 17.7 Å². The molecule has 2 nitrogen and oxygen atoms in total. The van der Waals surface area contributed by atoms with Gasteiger partial charge in [0.15, 0.2) is 0 Å². The fourth-order valence-electron chi connectivity index (χ4n) is 3.42. The maximum atomic E-state index is 2.47. The van der Waals surface area contributed by atoms with E-state index in [1.54, 1.807) is 0 Å². The lowest BCUT2D eigenvalue weighted by atomic mass is 10.0. The first-order valence-corrected chi connectivity index (χ1v) is 7.98. The molecule has 1 aliphatic heterocycles. The highest BCUT2D eigenvalue weighted by Crippen LogP contribution is 2.40. The molecule has 0 N–H and O–H groups in total. The van der Waals surface area contributed by atoms with Gasteiger partial charge in [-0.3, -0.25) is 0 Å². The van der Waals surface area contributed by atoms with Crippen molar-refractivity contribution < 1.29 is 0 Å². The Kier molecular flexibility index (Phi) is 3.23. The zero-order valence-corrected chi connectivity index (χ0v) is 12.9.